The number of hydrogen-bond donors (Lipinski definition) is 3. The number of aliphatic hydroxyl groups excluding tert-OH is 1. The number of anilines is 1. The van der Waals surface area contributed by atoms with Crippen LogP contribution in [0.2, 0.25) is 0 Å². The van der Waals surface area contributed by atoms with Crippen LogP contribution >= 0.6 is 0 Å². The highest BCUT2D eigenvalue weighted by Gasteiger charge is 2.28. The van der Waals surface area contributed by atoms with E-state index in [1.165, 1.54) is 0 Å². The van der Waals surface area contributed by atoms with Gasteiger partial charge in [-0.25, -0.2) is 0 Å². The zero-order valence-electron chi connectivity index (χ0n) is 13.3. The van der Waals surface area contributed by atoms with E-state index < -0.39 is 6.10 Å². The Morgan fingerprint density at radius 3 is 2.70 bits per heavy atom. The largest absolute Gasteiger partial charge is 0.392 e. The highest BCUT2D eigenvalue weighted by molar-refractivity contribution is 5.95. The summed E-state index contributed by atoms with van der Waals surface area (Å²) < 4.78 is 0. The van der Waals surface area contributed by atoms with Crippen LogP contribution in [0.3, 0.4) is 0 Å². The summed E-state index contributed by atoms with van der Waals surface area (Å²) in [5.74, 6) is 0.0813. The van der Waals surface area contributed by atoms with Gasteiger partial charge in [0.05, 0.1) is 18.2 Å². The monoisotopic (exact) mass is 317 g/mol. The van der Waals surface area contributed by atoms with Crippen LogP contribution in [-0.4, -0.2) is 42.2 Å². The van der Waals surface area contributed by atoms with Crippen LogP contribution in [0.25, 0.3) is 0 Å². The molecule has 2 amide bonds. The van der Waals surface area contributed by atoms with E-state index >= 15 is 0 Å². The molecule has 2 fully saturated rings. The molecule has 0 saturated carbocycles. The molecule has 0 aliphatic carbocycles. The van der Waals surface area contributed by atoms with Crippen molar-refractivity contribution in [3.8, 4) is 0 Å². The van der Waals surface area contributed by atoms with Crippen molar-refractivity contribution in [3.05, 3.63) is 29.8 Å². The second-order valence-corrected chi connectivity index (χ2v) is 6.32. The Bertz CT molecular complexity index is 587. The van der Waals surface area contributed by atoms with Crippen LogP contribution in [0.15, 0.2) is 24.3 Å². The second kappa shape index (κ2) is 6.68. The molecule has 3 rings (SSSR count). The molecule has 124 valence electrons. The fraction of sp³-hybridized carbons (Fsp3) is 0.529. The summed E-state index contributed by atoms with van der Waals surface area (Å²) in [7, 11) is 0. The third-order valence-electron chi connectivity index (χ3n) is 4.56. The lowest BCUT2D eigenvalue weighted by molar-refractivity contribution is -0.123. The van der Waals surface area contributed by atoms with Gasteiger partial charge in [-0.2, -0.15) is 0 Å². The van der Waals surface area contributed by atoms with Gasteiger partial charge in [-0.05, 0) is 37.5 Å². The first-order chi connectivity index (χ1) is 11.0. The number of rotatable bonds is 4. The Morgan fingerprint density at radius 1 is 1.39 bits per heavy atom. The van der Waals surface area contributed by atoms with Gasteiger partial charge in [0, 0.05) is 25.2 Å². The Kier molecular flexibility index (Phi) is 4.63. The van der Waals surface area contributed by atoms with E-state index in [9.17, 15) is 14.7 Å². The van der Waals surface area contributed by atoms with E-state index in [0.29, 0.717) is 19.4 Å². The molecule has 1 aromatic rings. The van der Waals surface area contributed by atoms with Crippen LogP contribution in [0, 0.1) is 0 Å². The summed E-state index contributed by atoms with van der Waals surface area (Å²) in [5.41, 5.74) is 1.91. The van der Waals surface area contributed by atoms with Crippen molar-refractivity contribution < 1.29 is 14.7 Å². The molecule has 2 aliphatic heterocycles. The van der Waals surface area contributed by atoms with Crippen molar-refractivity contribution in [2.24, 2.45) is 0 Å². The van der Waals surface area contributed by atoms with Crippen molar-refractivity contribution in [1.29, 1.82) is 0 Å². The topological polar surface area (TPSA) is 81.7 Å². The zero-order chi connectivity index (χ0) is 16.4. The summed E-state index contributed by atoms with van der Waals surface area (Å²) in [5, 5.41) is 15.5. The minimum absolute atomic E-state index is 0.0900. The van der Waals surface area contributed by atoms with Gasteiger partial charge >= 0.3 is 0 Å². The number of carbonyl (C=O) groups excluding carboxylic acids is 2. The van der Waals surface area contributed by atoms with Crippen LogP contribution < -0.4 is 15.5 Å². The number of hydrogen-bond acceptors (Lipinski definition) is 4. The van der Waals surface area contributed by atoms with Gasteiger partial charge in [-0.15, -0.1) is 0 Å². The Morgan fingerprint density at radius 2 is 2.13 bits per heavy atom. The van der Waals surface area contributed by atoms with Crippen molar-refractivity contribution >= 4 is 17.5 Å². The Balaban J connectivity index is 1.60. The van der Waals surface area contributed by atoms with E-state index in [1.54, 1.807) is 4.90 Å². The molecule has 2 aliphatic rings. The van der Waals surface area contributed by atoms with Gasteiger partial charge in [0.1, 0.15) is 0 Å². The highest BCUT2D eigenvalue weighted by atomic mass is 16.3. The average Bonchev–Trinajstić information content (AvgIpc) is 3.16. The maximum absolute atomic E-state index is 12.2. The molecule has 0 aromatic heterocycles. The fourth-order valence-corrected chi connectivity index (χ4v) is 3.18. The lowest BCUT2D eigenvalue weighted by atomic mass is 10.1. The second-order valence-electron chi connectivity index (χ2n) is 6.32. The summed E-state index contributed by atoms with van der Waals surface area (Å²) in [4.78, 5) is 25.7. The highest BCUT2D eigenvalue weighted by Crippen LogP contribution is 2.23. The summed E-state index contributed by atoms with van der Waals surface area (Å²) in [6.07, 6.45) is 1.54. The van der Waals surface area contributed by atoms with Gasteiger partial charge < -0.3 is 20.6 Å². The Labute approximate surface area is 135 Å². The van der Waals surface area contributed by atoms with Crippen molar-refractivity contribution in [3.63, 3.8) is 0 Å². The first-order valence-corrected chi connectivity index (χ1v) is 8.17. The third-order valence-corrected chi connectivity index (χ3v) is 4.56. The zero-order valence-corrected chi connectivity index (χ0v) is 13.3. The number of β-amino-alcohol motifs (C(OH)–C–C–N with tert-alkyl or cyclic N) is 1. The van der Waals surface area contributed by atoms with Crippen LogP contribution in [0.1, 0.15) is 37.8 Å². The smallest absolute Gasteiger partial charge is 0.237 e. The Hall–Kier alpha value is -1.92. The third kappa shape index (κ3) is 3.54. The first-order valence-electron chi connectivity index (χ1n) is 8.17. The standard InChI is InChI=1S/C17H23N3O3/c1-11(19-17(23)15-9-14(21)10-18-15)12-4-6-13(7-5-12)20-8-2-3-16(20)22/h4-7,11,14-15,18,21H,2-3,8-10H2,1H3,(H,19,23)/t11-,14-,15-/m0/s1. The van der Waals surface area contributed by atoms with E-state index in [0.717, 1.165) is 24.2 Å². The molecule has 0 bridgehead atoms. The molecule has 2 heterocycles. The van der Waals surface area contributed by atoms with E-state index in [-0.39, 0.29) is 23.9 Å². The number of aliphatic hydroxyl groups is 1. The summed E-state index contributed by atoms with van der Waals surface area (Å²) in [6, 6.07) is 7.31. The van der Waals surface area contributed by atoms with Crippen LogP contribution in [0.5, 0.6) is 0 Å². The van der Waals surface area contributed by atoms with Gasteiger partial charge in [-0.3, -0.25) is 9.59 Å². The molecule has 0 radical (unpaired) electrons. The summed E-state index contributed by atoms with van der Waals surface area (Å²) >= 11 is 0. The lowest BCUT2D eigenvalue weighted by Gasteiger charge is -2.20. The van der Waals surface area contributed by atoms with Crippen molar-refractivity contribution in [2.45, 2.75) is 44.4 Å². The fourth-order valence-electron chi connectivity index (χ4n) is 3.18. The molecule has 2 saturated heterocycles. The molecule has 23 heavy (non-hydrogen) atoms. The number of carbonyl (C=O) groups is 2. The molecule has 6 nitrogen and oxygen atoms in total. The maximum atomic E-state index is 12.2. The average molecular weight is 317 g/mol. The predicted molar refractivity (Wildman–Crippen MR) is 87.0 cm³/mol. The van der Waals surface area contributed by atoms with Gasteiger partial charge in [0.25, 0.3) is 0 Å². The minimum Gasteiger partial charge on any atom is -0.392 e. The molecule has 0 unspecified atom stereocenters. The predicted octanol–water partition coefficient (Wildman–Crippen LogP) is 0.713. The van der Waals surface area contributed by atoms with Crippen molar-refractivity contribution in [1.82, 2.24) is 10.6 Å². The van der Waals surface area contributed by atoms with Crippen molar-refractivity contribution in [2.75, 3.05) is 18.0 Å². The molecule has 6 heteroatoms. The van der Waals surface area contributed by atoms with Gasteiger partial charge in [-0.1, -0.05) is 12.1 Å². The van der Waals surface area contributed by atoms with Gasteiger partial charge in [0.2, 0.25) is 11.8 Å². The molecular formula is C17H23N3O3. The molecular weight excluding hydrogens is 294 g/mol. The normalized spacial score (nSPS) is 25.7. The molecule has 1 aromatic carbocycles. The van der Waals surface area contributed by atoms with E-state index in [1.807, 2.05) is 31.2 Å². The number of nitrogens with zero attached hydrogens (tertiary/aromatic N) is 1. The summed E-state index contributed by atoms with van der Waals surface area (Å²) in [6.45, 7) is 3.17. The number of amides is 2. The first kappa shape index (κ1) is 16.0. The van der Waals surface area contributed by atoms with Crippen LogP contribution in [-0.2, 0) is 9.59 Å². The minimum atomic E-state index is -0.446. The number of benzene rings is 1. The van der Waals surface area contributed by atoms with Gasteiger partial charge in [0.15, 0.2) is 0 Å². The SMILES string of the molecule is C[C@H](NC(=O)[C@@H]1C[C@H](O)CN1)c1ccc(N2CCCC2=O)cc1. The molecule has 0 spiro atoms. The van der Waals surface area contributed by atoms with Crippen LogP contribution in [0.4, 0.5) is 5.69 Å². The number of nitrogens with one attached hydrogen (secondary N) is 2. The van der Waals surface area contributed by atoms with E-state index in [4.69, 9.17) is 0 Å². The lowest BCUT2D eigenvalue weighted by Crippen LogP contribution is -2.41. The quantitative estimate of drug-likeness (QED) is 0.764. The van der Waals surface area contributed by atoms with E-state index in [2.05, 4.69) is 10.6 Å². The maximum Gasteiger partial charge on any atom is 0.237 e. The molecule has 3 N–H and O–H groups in total. The molecule has 3 atom stereocenters.